The second kappa shape index (κ2) is 86.7. The Balaban J connectivity index is -0.000000139. The van der Waals surface area contributed by atoms with Crippen molar-refractivity contribution in [3.8, 4) is 0 Å². The van der Waals surface area contributed by atoms with E-state index in [0.29, 0.717) is 91.9 Å². The summed E-state index contributed by atoms with van der Waals surface area (Å²) in [6.45, 7) is 74.2. The predicted molar refractivity (Wildman–Crippen MR) is 428 cm³/mol. The van der Waals surface area contributed by atoms with Crippen LogP contribution in [0, 0.1) is 17.8 Å². The van der Waals surface area contributed by atoms with Gasteiger partial charge in [-0.05, 0) is 143 Å². The van der Waals surface area contributed by atoms with E-state index in [1.54, 1.807) is 34.6 Å². The Morgan fingerprint density at radius 3 is 0.895 bits per heavy atom. The number of hydrogen-bond donors (Lipinski definition) is 0. The van der Waals surface area contributed by atoms with Gasteiger partial charge < -0.3 is 47.4 Å². The maximum atomic E-state index is 10.9. The minimum atomic E-state index is -0.343. The number of hydrogen-bond acceptors (Lipinski definition) is 20. The van der Waals surface area contributed by atoms with Crippen LogP contribution in [0.25, 0.3) is 0 Å². The standard InChI is InChI=1S/C10H18O2.C9H14O2.3C9H16O2.4C8H14O2.C7H12O2/c1-4-5-6-7-8-12-10(11)9(2)3;1-2-9(10)11-8-6-4-3-5-7-8;1-7(2)5-6-11-9(10)8(3)4;1-4-5-6-7-11-9(10)8(2)3;1-3-5-6-7-8-11-9(10)4-2;1-6(2)5-10-8(9)7(3)4;1-5-7(4)10-8(9)6(2)3;1-4-8(9)10-6-5-7(2)3;1-3-5-6-7-10-8(9)4-2;1-4-6(3)9-7(8)5-2/h2,4-8H2,1,3H3;2,8H,1,3-7H2;7H,3,5-6H2,1-2,4H3;2,4-7H2,1,3H3;4H,2-3,5-8H2,1H3;6H,3,5H2,1-2,4H3;7H,2,5H2,1,3-4H3;4,7H,1,5-6H2,2-3H3;4H,2-3,5-7H2,1H3;5-6H,2,4H2,1,3H3. The van der Waals surface area contributed by atoms with Crippen molar-refractivity contribution in [1.29, 1.82) is 0 Å². The van der Waals surface area contributed by atoms with Gasteiger partial charge in [0.1, 0.15) is 6.10 Å². The zero-order valence-corrected chi connectivity index (χ0v) is 69.3. The first-order valence-electron chi connectivity index (χ1n) is 37.5. The van der Waals surface area contributed by atoms with E-state index in [1.807, 2.05) is 41.5 Å². The number of ether oxygens (including phenoxy) is 10. The molecule has 20 heteroatoms. The number of carbonyl (C=O) groups excluding carboxylic acids is 10. The molecule has 0 aromatic heterocycles. The van der Waals surface area contributed by atoms with E-state index in [1.165, 1.54) is 75.3 Å². The second-order valence-electron chi connectivity index (χ2n) is 25.7. The molecule has 0 amide bonds. The average molecular weight is 1490 g/mol. The molecule has 1 fully saturated rings. The molecule has 2 atom stereocenters. The SMILES string of the molecule is C=C(C)C(=O)OC(C)CC.C=C(C)C(=O)OCC(C)C.C=C(C)C(=O)OCCC(C)C.C=C(C)C(=O)OCCCCC.C=C(C)C(=O)OCCCCCC.C=CC(=O)OC(C)CC.C=CC(=O)OC1CCCCC1.C=CC(=O)OCCC(C)C.C=CC(=O)OCCCCC.C=CC(=O)OCCCCCC. The lowest BCUT2D eigenvalue weighted by Crippen LogP contribution is -2.19. The molecule has 0 saturated heterocycles. The lowest BCUT2D eigenvalue weighted by atomic mass is 9.98. The van der Waals surface area contributed by atoms with Crippen LogP contribution in [0.2, 0.25) is 0 Å². The van der Waals surface area contributed by atoms with E-state index in [0.717, 1.165) is 103 Å². The van der Waals surface area contributed by atoms with Crippen LogP contribution in [0.3, 0.4) is 0 Å². The molecule has 1 aliphatic carbocycles. The molecule has 20 nitrogen and oxygen atoms in total. The average Bonchev–Trinajstić information content (AvgIpc) is 0.974. The molecular weight excluding hydrogens is 1340 g/mol. The van der Waals surface area contributed by atoms with Gasteiger partial charge in [-0.15, -0.1) is 0 Å². The van der Waals surface area contributed by atoms with Crippen LogP contribution >= 0.6 is 0 Å². The van der Waals surface area contributed by atoms with E-state index in [9.17, 15) is 47.9 Å². The molecule has 608 valence electrons. The summed E-state index contributed by atoms with van der Waals surface area (Å²) in [5.74, 6) is -1.48. The Hall–Kier alpha value is -7.90. The highest BCUT2D eigenvalue weighted by Gasteiger charge is 2.16. The van der Waals surface area contributed by atoms with Gasteiger partial charge in [-0.2, -0.15) is 0 Å². The van der Waals surface area contributed by atoms with Crippen LogP contribution < -0.4 is 0 Å². The first kappa shape index (κ1) is 116. The second-order valence-corrected chi connectivity index (χ2v) is 25.7. The zero-order valence-electron chi connectivity index (χ0n) is 69.3. The normalized spacial score (nSPS) is 11.0. The molecule has 105 heavy (non-hydrogen) atoms. The van der Waals surface area contributed by atoms with Gasteiger partial charge in [0.15, 0.2) is 0 Å². The Bertz CT molecular complexity index is 2380. The first-order chi connectivity index (χ1) is 49.3. The van der Waals surface area contributed by atoms with Gasteiger partial charge in [-0.25, -0.2) is 47.9 Å². The summed E-state index contributed by atoms with van der Waals surface area (Å²) < 4.78 is 48.5. The molecule has 0 heterocycles. The van der Waals surface area contributed by atoms with Crippen molar-refractivity contribution in [2.45, 2.75) is 298 Å². The van der Waals surface area contributed by atoms with Gasteiger partial charge in [-0.3, -0.25) is 0 Å². The summed E-state index contributed by atoms with van der Waals surface area (Å²) in [4.78, 5) is 107. The van der Waals surface area contributed by atoms with Gasteiger partial charge in [0.2, 0.25) is 0 Å². The molecule has 0 spiro atoms. The van der Waals surface area contributed by atoms with Gasteiger partial charge >= 0.3 is 59.7 Å². The lowest BCUT2D eigenvalue weighted by Gasteiger charge is -2.20. The molecule has 1 saturated carbocycles. The van der Waals surface area contributed by atoms with E-state index < -0.39 is 0 Å². The fourth-order valence-corrected chi connectivity index (χ4v) is 6.22. The molecule has 0 aromatic carbocycles. The summed E-state index contributed by atoms with van der Waals surface area (Å²) in [6.07, 6.45) is 30.8. The number of unbranched alkanes of at least 4 members (excludes halogenated alkanes) is 10. The van der Waals surface area contributed by atoms with Crippen LogP contribution in [0.5, 0.6) is 0 Å². The van der Waals surface area contributed by atoms with Gasteiger partial charge in [0.25, 0.3) is 0 Å². The van der Waals surface area contributed by atoms with E-state index in [2.05, 4.69) is 121 Å². The largest absolute Gasteiger partial charge is 0.463 e. The summed E-state index contributed by atoms with van der Waals surface area (Å²) >= 11 is 0. The van der Waals surface area contributed by atoms with Crippen molar-refractivity contribution in [3.05, 3.63) is 124 Å². The van der Waals surface area contributed by atoms with E-state index >= 15 is 0 Å². The maximum Gasteiger partial charge on any atom is 0.333 e. The van der Waals surface area contributed by atoms with Crippen molar-refractivity contribution in [2.24, 2.45) is 17.8 Å². The maximum absolute atomic E-state index is 10.9. The van der Waals surface area contributed by atoms with Crippen LogP contribution in [0.15, 0.2) is 124 Å². The number of rotatable bonds is 41. The molecule has 0 N–H and O–H groups in total. The fourth-order valence-electron chi connectivity index (χ4n) is 6.22. The van der Waals surface area contributed by atoms with Crippen molar-refractivity contribution in [1.82, 2.24) is 0 Å². The minimum absolute atomic E-state index is 0.00389. The van der Waals surface area contributed by atoms with Crippen molar-refractivity contribution in [2.75, 3.05) is 46.2 Å². The molecule has 0 radical (unpaired) electrons. The Morgan fingerprint density at radius 2 is 0.600 bits per heavy atom. The summed E-state index contributed by atoms with van der Waals surface area (Å²) in [5, 5.41) is 0. The molecule has 0 bridgehead atoms. The third kappa shape index (κ3) is 107. The van der Waals surface area contributed by atoms with Gasteiger partial charge in [0, 0.05) is 58.2 Å². The van der Waals surface area contributed by atoms with Gasteiger partial charge in [-0.1, -0.05) is 220 Å². The quantitative estimate of drug-likeness (QED) is 0.0238. The summed E-state index contributed by atoms with van der Waals surface area (Å²) in [5.41, 5.74) is 2.33. The fraction of sp³-hybridized carbons (Fsp3) is 0.647. The van der Waals surface area contributed by atoms with Crippen LogP contribution in [0.1, 0.15) is 279 Å². The Kier molecular flexibility index (Phi) is 95.4. The van der Waals surface area contributed by atoms with Crippen molar-refractivity contribution in [3.63, 3.8) is 0 Å². The molecule has 1 rings (SSSR count). The topological polar surface area (TPSA) is 263 Å². The van der Waals surface area contributed by atoms with Crippen LogP contribution in [-0.4, -0.2) is 124 Å². The highest BCUT2D eigenvalue weighted by molar-refractivity contribution is 5.89. The molecule has 0 aliphatic heterocycles. The van der Waals surface area contributed by atoms with Crippen molar-refractivity contribution >= 4 is 59.7 Å². The molecular formula is C85H148O20. The number of esters is 10. The number of carbonyl (C=O) groups is 10. The predicted octanol–water partition coefficient (Wildman–Crippen LogP) is 20.3. The van der Waals surface area contributed by atoms with E-state index in [-0.39, 0.29) is 78.0 Å². The zero-order chi connectivity index (χ0) is 82.9. The summed E-state index contributed by atoms with van der Waals surface area (Å²) in [7, 11) is 0. The first-order valence-corrected chi connectivity index (χ1v) is 37.5. The van der Waals surface area contributed by atoms with Crippen LogP contribution in [-0.2, 0) is 95.3 Å². The summed E-state index contributed by atoms with van der Waals surface area (Å²) in [6, 6.07) is 0. The molecule has 1 aliphatic rings. The minimum Gasteiger partial charge on any atom is -0.463 e. The third-order valence-electron chi connectivity index (χ3n) is 13.0. The smallest absolute Gasteiger partial charge is 0.333 e. The van der Waals surface area contributed by atoms with Gasteiger partial charge in [0.05, 0.1) is 58.5 Å². The third-order valence-corrected chi connectivity index (χ3v) is 13.0. The van der Waals surface area contributed by atoms with E-state index in [4.69, 9.17) is 47.4 Å². The molecule has 2 unspecified atom stereocenters. The monoisotopic (exact) mass is 1490 g/mol. The highest BCUT2D eigenvalue weighted by Crippen LogP contribution is 2.20. The highest BCUT2D eigenvalue weighted by atomic mass is 16.6. The molecule has 0 aromatic rings. The lowest BCUT2D eigenvalue weighted by molar-refractivity contribution is -0.145. The Morgan fingerprint density at radius 1 is 0.324 bits per heavy atom. The van der Waals surface area contributed by atoms with Crippen LogP contribution in [0.4, 0.5) is 0 Å². The van der Waals surface area contributed by atoms with Crippen molar-refractivity contribution < 1.29 is 95.3 Å². The Labute approximate surface area is 637 Å².